The Morgan fingerprint density at radius 1 is 0.609 bits per heavy atom. The lowest BCUT2D eigenvalue weighted by molar-refractivity contribution is -0.571. The highest BCUT2D eigenvalue weighted by Crippen LogP contribution is 2.40. The standard InChI is InChI=1S/C59H54N4O/c1-39(2)41-30-31-60-56(34-41)63-52-25-13-12-22-50(52)51-29-28-47(37-55(51)63)64-46-21-16-20-45(36-46)61-38-62(54-27-15-14-26-53(54)61)57-48(40-18-10-9-11-19-40)23-17-24-49(57)42-32-43(58(3,4)5)35-44(33-42)59(6,7)8/h9-37,39H,1-8H3/i9D,10D,11D,12D,13D,18D,19D,22D,25D. The fourth-order valence-electron chi connectivity index (χ4n) is 8.41. The van der Waals surface area contributed by atoms with E-state index in [2.05, 4.69) is 79.9 Å². The summed E-state index contributed by atoms with van der Waals surface area (Å²) in [6.45, 7) is 17.3. The van der Waals surface area contributed by atoms with Gasteiger partial charge in [-0.25, -0.2) is 4.98 Å². The summed E-state index contributed by atoms with van der Waals surface area (Å²) in [4.78, 5) is 4.70. The predicted molar refractivity (Wildman–Crippen MR) is 265 cm³/mol. The van der Waals surface area contributed by atoms with E-state index in [1.165, 1.54) is 0 Å². The number of ether oxygens (including phenoxy) is 1. The zero-order chi connectivity index (χ0) is 52.2. The largest absolute Gasteiger partial charge is 0.458 e. The predicted octanol–water partition coefficient (Wildman–Crippen LogP) is 15.0. The van der Waals surface area contributed by atoms with Crippen molar-refractivity contribution >= 4 is 32.8 Å². The third-order valence-corrected chi connectivity index (χ3v) is 11.9. The zero-order valence-corrected chi connectivity index (χ0v) is 37.3. The van der Waals surface area contributed by atoms with E-state index in [1.807, 2.05) is 100 Å². The van der Waals surface area contributed by atoms with Crippen LogP contribution in [-0.2, 0) is 10.8 Å². The van der Waals surface area contributed by atoms with E-state index in [-0.39, 0.29) is 58.6 Å². The van der Waals surface area contributed by atoms with Crippen molar-refractivity contribution in [2.45, 2.75) is 72.1 Å². The first-order valence-corrected chi connectivity index (χ1v) is 21.7. The first-order chi connectivity index (χ1) is 34.5. The van der Waals surface area contributed by atoms with Crippen LogP contribution in [0.15, 0.2) is 176 Å². The molecule has 316 valence electrons. The van der Waals surface area contributed by atoms with Crippen molar-refractivity contribution in [2.24, 2.45) is 0 Å². The van der Waals surface area contributed by atoms with Crippen LogP contribution in [0, 0.1) is 6.33 Å². The summed E-state index contributed by atoms with van der Waals surface area (Å²) in [5.41, 5.74) is 8.84. The molecule has 0 aliphatic carbocycles. The molecule has 10 rings (SSSR count). The van der Waals surface area contributed by atoms with Crippen molar-refractivity contribution in [3.63, 3.8) is 0 Å². The molecule has 3 aromatic heterocycles. The van der Waals surface area contributed by atoms with Gasteiger partial charge in [-0.2, -0.15) is 0 Å². The molecule has 0 N–H and O–H groups in total. The van der Waals surface area contributed by atoms with Crippen LogP contribution >= 0.6 is 0 Å². The van der Waals surface area contributed by atoms with Crippen molar-refractivity contribution in [2.75, 3.05) is 0 Å². The normalized spacial score (nSPS) is 14.2. The van der Waals surface area contributed by atoms with Gasteiger partial charge in [-0.3, -0.25) is 13.7 Å². The van der Waals surface area contributed by atoms with Crippen molar-refractivity contribution < 1.29 is 21.6 Å². The molecule has 0 unspecified atom stereocenters. The molecule has 5 nitrogen and oxygen atoms in total. The summed E-state index contributed by atoms with van der Waals surface area (Å²) in [7, 11) is 0. The average Bonchev–Trinajstić information content (AvgIpc) is 3.92. The highest BCUT2D eigenvalue weighted by molar-refractivity contribution is 6.09. The number of pyridine rings is 1. The molecule has 64 heavy (non-hydrogen) atoms. The Morgan fingerprint density at radius 2 is 1.30 bits per heavy atom. The minimum Gasteiger partial charge on any atom is -0.458 e. The molecular weight excluding hydrogens is 781 g/mol. The molecule has 5 heteroatoms. The fraction of sp³-hybridized carbons (Fsp3) is 0.186. The maximum Gasteiger partial charge on any atom is 0.269 e. The number of fused-ring (bicyclic) bond motifs is 4. The molecule has 10 aromatic rings. The van der Waals surface area contributed by atoms with Crippen LogP contribution in [0.3, 0.4) is 0 Å². The SMILES string of the molecule is [2H]c1c([2H])c([2H])c(-c2cccc(-c3cc(C(C)(C)C)cc(C(C)(C)C)c3)c2-[n+]2[c-]n(-c3cccc(Oc4ccc5c6c([2H])c([2H])c([2H])c([2H])c6n(-c6cc(C(C)C)ccn6)c5c4)c3)c3ccccc32)c([2H])c1[2H]. The van der Waals surface area contributed by atoms with Crippen molar-refractivity contribution in [3.05, 3.63) is 199 Å². The van der Waals surface area contributed by atoms with Gasteiger partial charge in [0.25, 0.3) is 6.33 Å². The van der Waals surface area contributed by atoms with Crippen LogP contribution < -0.4 is 9.30 Å². The van der Waals surface area contributed by atoms with E-state index >= 15 is 0 Å². The van der Waals surface area contributed by atoms with Crippen LogP contribution in [0.25, 0.3) is 72.3 Å². The second-order valence-electron chi connectivity index (χ2n) is 18.7. The van der Waals surface area contributed by atoms with Gasteiger partial charge in [-0.15, -0.1) is 0 Å². The minimum atomic E-state index is -0.465. The van der Waals surface area contributed by atoms with E-state index in [1.54, 1.807) is 16.8 Å². The highest BCUT2D eigenvalue weighted by Gasteiger charge is 2.25. The molecule has 0 radical (unpaired) electrons. The van der Waals surface area contributed by atoms with Gasteiger partial charge < -0.3 is 4.74 Å². The fourth-order valence-corrected chi connectivity index (χ4v) is 8.41. The summed E-state index contributed by atoms with van der Waals surface area (Å²) in [6.07, 6.45) is 5.36. The lowest BCUT2D eigenvalue weighted by Crippen LogP contribution is -2.31. The van der Waals surface area contributed by atoms with E-state index in [0.717, 1.165) is 38.9 Å². The smallest absolute Gasteiger partial charge is 0.269 e. The number of hydrogen-bond acceptors (Lipinski definition) is 2. The Hall–Kier alpha value is -7.24. The third-order valence-electron chi connectivity index (χ3n) is 11.9. The molecule has 3 heterocycles. The van der Waals surface area contributed by atoms with Crippen molar-refractivity contribution in [1.29, 1.82) is 0 Å². The maximum absolute atomic E-state index is 9.20. The molecule has 7 aromatic carbocycles. The van der Waals surface area contributed by atoms with E-state index in [0.29, 0.717) is 56.1 Å². The van der Waals surface area contributed by atoms with Gasteiger partial charge in [0.05, 0.1) is 45.8 Å². The van der Waals surface area contributed by atoms with Gasteiger partial charge in [0, 0.05) is 23.0 Å². The highest BCUT2D eigenvalue weighted by atomic mass is 16.5. The van der Waals surface area contributed by atoms with Crippen LogP contribution in [0.1, 0.15) is 90.3 Å². The molecule has 0 spiro atoms. The Bertz CT molecular complexity index is 3840. The van der Waals surface area contributed by atoms with Crippen molar-refractivity contribution in [1.82, 2.24) is 14.1 Å². The first kappa shape index (κ1) is 31.6. The number of para-hydroxylation sites is 4. The molecule has 0 aliphatic heterocycles. The van der Waals surface area contributed by atoms with E-state index < -0.39 is 18.1 Å². The van der Waals surface area contributed by atoms with Gasteiger partial charge >= 0.3 is 0 Å². The zero-order valence-electron chi connectivity index (χ0n) is 46.3. The lowest BCUT2D eigenvalue weighted by atomic mass is 9.78. The molecule has 0 bridgehead atoms. The molecular formula is C59H54N4O. The number of nitrogens with zero attached hydrogens (tertiary/aromatic N) is 4. The third kappa shape index (κ3) is 7.45. The Labute approximate surface area is 389 Å². The van der Waals surface area contributed by atoms with Gasteiger partial charge in [0.1, 0.15) is 17.3 Å². The van der Waals surface area contributed by atoms with E-state index in [9.17, 15) is 2.74 Å². The monoisotopic (exact) mass is 843 g/mol. The second-order valence-corrected chi connectivity index (χ2v) is 18.7. The minimum absolute atomic E-state index is 0.0802. The molecule has 0 saturated carbocycles. The number of rotatable bonds is 8. The molecule has 0 saturated heterocycles. The number of aromatic nitrogens is 4. The second kappa shape index (κ2) is 15.8. The van der Waals surface area contributed by atoms with Crippen LogP contribution in [0.5, 0.6) is 11.5 Å². The number of hydrogen-bond donors (Lipinski definition) is 0. The molecule has 0 fully saturated rings. The van der Waals surface area contributed by atoms with Gasteiger partial charge in [0.15, 0.2) is 0 Å². The number of benzene rings is 7. The Morgan fingerprint density at radius 3 is 2.05 bits per heavy atom. The Balaban J connectivity index is 1.16. The topological polar surface area (TPSA) is 35.9 Å². The van der Waals surface area contributed by atoms with Gasteiger partial charge in [-0.05, 0) is 104 Å². The quantitative estimate of drug-likeness (QED) is 0.113. The summed E-state index contributed by atoms with van der Waals surface area (Å²) in [6, 6.07) is 34.2. The summed E-state index contributed by atoms with van der Waals surface area (Å²) >= 11 is 0. The average molecular weight is 844 g/mol. The lowest BCUT2D eigenvalue weighted by Gasteiger charge is -2.27. The van der Waals surface area contributed by atoms with Crippen molar-refractivity contribution in [3.8, 4) is 50.9 Å². The summed E-state index contributed by atoms with van der Waals surface area (Å²) in [5, 5.41) is 1.02. The molecule has 0 aliphatic rings. The first-order valence-electron chi connectivity index (χ1n) is 26.2. The Kier molecular flexibility index (Phi) is 7.81. The van der Waals surface area contributed by atoms with Gasteiger partial charge in [0.2, 0.25) is 0 Å². The molecule has 0 atom stereocenters. The molecule has 0 amide bonds. The van der Waals surface area contributed by atoms with Crippen LogP contribution in [0.2, 0.25) is 0 Å². The van der Waals surface area contributed by atoms with Crippen LogP contribution in [-0.4, -0.2) is 14.1 Å². The van der Waals surface area contributed by atoms with Gasteiger partial charge in [-0.1, -0.05) is 170 Å². The number of imidazole rings is 1. The van der Waals surface area contributed by atoms with Crippen LogP contribution in [0.4, 0.5) is 0 Å². The van der Waals surface area contributed by atoms with E-state index in [4.69, 9.17) is 19.3 Å². The summed E-state index contributed by atoms with van der Waals surface area (Å²) < 4.78 is 91.7. The maximum atomic E-state index is 9.20. The summed E-state index contributed by atoms with van der Waals surface area (Å²) in [5.74, 6) is 1.66.